The predicted octanol–water partition coefficient (Wildman–Crippen LogP) is 3.02. The van der Waals surface area contributed by atoms with Crippen molar-refractivity contribution < 1.29 is 4.84 Å². The Hall–Kier alpha value is -1.07. The van der Waals surface area contributed by atoms with Gasteiger partial charge < -0.3 is 9.40 Å². The number of rotatable bonds is 3. The average Bonchev–Trinajstić information content (AvgIpc) is 2.93. The summed E-state index contributed by atoms with van der Waals surface area (Å²) < 4.78 is 2.14. The molecule has 1 aliphatic heterocycles. The molecule has 0 fully saturated rings. The first-order valence-electron chi connectivity index (χ1n) is 4.93. The fraction of sp³-hybridized carbons (Fsp3) is 0.182. The Morgan fingerprint density at radius 1 is 1.44 bits per heavy atom. The highest BCUT2D eigenvalue weighted by atomic mass is 79.9. The summed E-state index contributed by atoms with van der Waals surface area (Å²) in [5.74, 6) is 0. The zero-order valence-corrected chi connectivity index (χ0v) is 10.8. The largest absolute Gasteiger partial charge is 0.394 e. The summed E-state index contributed by atoms with van der Waals surface area (Å²) in [6.45, 7) is 0.588. The Labute approximate surface area is 105 Å². The lowest BCUT2D eigenvalue weighted by molar-refractivity contribution is 0.162. The Kier molecular flexibility index (Phi) is 2.57. The Morgan fingerprint density at radius 2 is 2.38 bits per heavy atom. The summed E-state index contributed by atoms with van der Waals surface area (Å²) in [5.41, 5.74) is 3.25. The molecule has 16 heavy (non-hydrogen) atoms. The molecule has 0 saturated heterocycles. The molecule has 0 radical (unpaired) electrons. The number of nitrogens with zero attached hydrogens (tertiary/aromatic N) is 2. The molecule has 0 bridgehead atoms. The van der Waals surface area contributed by atoms with Crippen LogP contribution in [0, 0.1) is 0 Å². The van der Waals surface area contributed by atoms with Crippen molar-refractivity contribution >= 4 is 33.0 Å². The predicted molar refractivity (Wildman–Crippen MR) is 69.0 cm³/mol. The molecular formula is C11H9BrN2OS. The lowest BCUT2D eigenvalue weighted by Crippen LogP contribution is -2.00. The van der Waals surface area contributed by atoms with Gasteiger partial charge in [-0.1, -0.05) is 21.1 Å². The van der Waals surface area contributed by atoms with E-state index in [0.29, 0.717) is 6.61 Å². The molecule has 0 saturated carbocycles. The van der Waals surface area contributed by atoms with Gasteiger partial charge in [0.15, 0.2) is 0 Å². The molecule has 3 heterocycles. The molecule has 5 heteroatoms. The van der Waals surface area contributed by atoms with Gasteiger partial charge in [-0.15, -0.1) is 11.3 Å². The monoisotopic (exact) mass is 296 g/mol. The highest BCUT2D eigenvalue weighted by molar-refractivity contribution is 9.09. The Balaban J connectivity index is 2.04. The number of fused-ring (bicyclic) bond motifs is 3. The van der Waals surface area contributed by atoms with Gasteiger partial charge in [-0.3, -0.25) is 0 Å². The van der Waals surface area contributed by atoms with E-state index in [1.165, 1.54) is 10.6 Å². The summed E-state index contributed by atoms with van der Waals surface area (Å²) in [6, 6.07) is 6.19. The average molecular weight is 297 g/mol. The van der Waals surface area contributed by atoms with Crippen LogP contribution in [0.15, 0.2) is 34.9 Å². The fourth-order valence-corrected chi connectivity index (χ4v) is 2.82. The number of alkyl halides is 1. The summed E-state index contributed by atoms with van der Waals surface area (Å²) >= 11 is 5.01. The van der Waals surface area contributed by atoms with E-state index in [1.807, 2.05) is 12.3 Å². The highest BCUT2D eigenvalue weighted by Crippen LogP contribution is 2.32. The van der Waals surface area contributed by atoms with Gasteiger partial charge in [-0.05, 0) is 23.6 Å². The molecule has 2 aromatic heterocycles. The Morgan fingerprint density at radius 3 is 3.25 bits per heavy atom. The van der Waals surface area contributed by atoms with Crippen LogP contribution in [-0.2, 0) is 4.84 Å². The van der Waals surface area contributed by atoms with Crippen molar-refractivity contribution in [1.29, 1.82) is 0 Å². The minimum atomic E-state index is 0.588. The molecule has 0 N–H and O–H groups in total. The van der Waals surface area contributed by atoms with Crippen LogP contribution in [0.25, 0.3) is 5.69 Å². The SMILES string of the molecule is BrCCO/N=C1\c2sccc2-n2cccc21. The molecule has 3 nitrogen and oxygen atoms in total. The first-order chi connectivity index (χ1) is 7.92. The van der Waals surface area contributed by atoms with Crippen molar-refractivity contribution in [3.05, 3.63) is 40.3 Å². The van der Waals surface area contributed by atoms with Gasteiger partial charge in [-0.25, -0.2) is 0 Å². The third-order valence-corrected chi connectivity index (χ3v) is 3.67. The van der Waals surface area contributed by atoms with Gasteiger partial charge in [-0.2, -0.15) is 0 Å². The van der Waals surface area contributed by atoms with Crippen LogP contribution in [0.2, 0.25) is 0 Å². The molecule has 0 spiro atoms. The lowest BCUT2D eigenvalue weighted by Gasteiger charge is -1.98. The lowest BCUT2D eigenvalue weighted by atomic mass is 10.2. The second-order valence-electron chi connectivity index (χ2n) is 3.36. The van der Waals surface area contributed by atoms with Crippen LogP contribution in [0.1, 0.15) is 10.6 Å². The second-order valence-corrected chi connectivity index (χ2v) is 5.07. The first-order valence-corrected chi connectivity index (χ1v) is 6.94. The number of hydrogen-bond donors (Lipinski definition) is 0. The smallest absolute Gasteiger partial charge is 0.146 e. The minimum Gasteiger partial charge on any atom is -0.394 e. The number of thiophene rings is 1. The third-order valence-electron chi connectivity index (χ3n) is 2.43. The van der Waals surface area contributed by atoms with Gasteiger partial charge in [0.25, 0.3) is 0 Å². The van der Waals surface area contributed by atoms with E-state index >= 15 is 0 Å². The topological polar surface area (TPSA) is 26.5 Å². The Bertz CT molecular complexity index is 501. The van der Waals surface area contributed by atoms with Crippen molar-refractivity contribution in [1.82, 2.24) is 4.57 Å². The number of halogens is 1. The number of aromatic nitrogens is 1. The minimum absolute atomic E-state index is 0.588. The molecule has 0 aromatic carbocycles. The molecule has 0 unspecified atom stereocenters. The van der Waals surface area contributed by atoms with Gasteiger partial charge >= 0.3 is 0 Å². The molecule has 82 valence electrons. The van der Waals surface area contributed by atoms with Crippen LogP contribution in [-0.4, -0.2) is 22.2 Å². The normalized spacial score (nSPS) is 15.2. The highest BCUT2D eigenvalue weighted by Gasteiger charge is 2.26. The van der Waals surface area contributed by atoms with Crippen molar-refractivity contribution in [3.8, 4) is 5.69 Å². The quantitative estimate of drug-likeness (QED) is 0.415. The van der Waals surface area contributed by atoms with E-state index in [1.54, 1.807) is 11.3 Å². The van der Waals surface area contributed by atoms with E-state index in [2.05, 4.69) is 43.2 Å². The van der Waals surface area contributed by atoms with Gasteiger partial charge in [0.2, 0.25) is 0 Å². The van der Waals surface area contributed by atoms with Crippen LogP contribution in [0.4, 0.5) is 0 Å². The number of oxime groups is 1. The van der Waals surface area contributed by atoms with Crippen LogP contribution < -0.4 is 0 Å². The first kappa shape index (κ1) is 10.1. The van der Waals surface area contributed by atoms with Gasteiger partial charge in [0.1, 0.15) is 12.3 Å². The zero-order chi connectivity index (χ0) is 11.0. The van der Waals surface area contributed by atoms with Crippen molar-refractivity contribution in [2.24, 2.45) is 5.16 Å². The van der Waals surface area contributed by atoms with Crippen LogP contribution in [0.5, 0.6) is 0 Å². The molecule has 1 aliphatic rings. The zero-order valence-electron chi connectivity index (χ0n) is 8.39. The summed E-state index contributed by atoms with van der Waals surface area (Å²) in [6.07, 6.45) is 2.05. The fourth-order valence-electron chi connectivity index (χ4n) is 1.80. The van der Waals surface area contributed by atoms with Crippen molar-refractivity contribution in [2.75, 3.05) is 11.9 Å². The van der Waals surface area contributed by atoms with Crippen LogP contribution in [0.3, 0.4) is 0 Å². The van der Waals surface area contributed by atoms with Crippen molar-refractivity contribution in [2.45, 2.75) is 0 Å². The van der Waals surface area contributed by atoms with Gasteiger partial charge in [0.05, 0.1) is 16.3 Å². The molecule has 3 rings (SSSR count). The van der Waals surface area contributed by atoms with Crippen LogP contribution >= 0.6 is 27.3 Å². The third kappa shape index (κ3) is 1.43. The molecule has 0 atom stereocenters. The maximum absolute atomic E-state index is 5.25. The van der Waals surface area contributed by atoms with E-state index in [9.17, 15) is 0 Å². The maximum Gasteiger partial charge on any atom is 0.146 e. The summed E-state index contributed by atoms with van der Waals surface area (Å²) in [5, 5.41) is 7.09. The van der Waals surface area contributed by atoms with E-state index in [4.69, 9.17) is 4.84 Å². The van der Waals surface area contributed by atoms with E-state index in [-0.39, 0.29) is 0 Å². The number of hydrogen-bond acceptors (Lipinski definition) is 3. The summed E-state index contributed by atoms with van der Waals surface area (Å²) in [7, 11) is 0. The standard InChI is InChI=1S/C11H9BrN2OS/c12-4-6-15-13-10-8-2-1-5-14(8)9-3-7-16-11(9)10/h1-3,5,7H,4,6H2/b13-10-. The molecular weight excluding hydrogens is 288 g/mol. The van der Waals surface area contributed by atoms with Gasteiger partial charge in [0, 0.05) is 11.5 Å². The molecule has 2 aromatic rings. The summed E-state index contributed by atoms with van der Waals surface area (Å²) in [4.78, 5) is 6.44. The maximum atomic E-state index is 5.25. The van der Waals surface area contributed by atoms with E-state index < -0.39 is 0 Å². The van der Waals surface area contributed by atoms with E-state index in [0.717, 1.165) is 16.7 Å². The second kappa shape index (κ2) is 4.07. The van der Waals surface area contributed by atoms with Crippen molar-refractivity contribution in [3.63, 3.8) is 0 Å². The molecule has 0 amide bonds. The molecule has 0 aliphatic carbocycles.